The molecule has 1 aliphatic rings. The Morgan fingerprint density at radius 1 is 1.09 bits per heavy atom. The molecule has 0 spiro atoms. The van der Waals surface area contributed by atoms with E-state index in [1.165, 1.54) is 40.5 Å². The molecule has 1 N–H and O–H groups in total. The number of carbonyl (C=O) groups excluding carboxylic acids is 2. The number of anilines is 1. The van der Waals surface area contributed by atoms with Gasteiger partial charge in [0.25, 0.3) is 5.91 Å². The van der Waals surface area contributed by atoms with Crippen molar-refractivity contribution in [3.8, 4) is 11.5 Å². The van der Waals surface area contributed by atoms with Gasteiger partial charge in [-0.1, -0.05) is 32.0 Å². The lowest BCUT2D eigenvalue weighted by Crippen LogP contribution is -2.51. The first-order chi connectivity index (χ1) is 16.4. The maximum atomic E-state index is 13.9. The van der Waals surface area contributed by atoms with Gasteiger partial charge < -0.3 is 14.8 Å². The van der Waals surface area contributed by atoms with Gasteiger partial charge in [-0.05, 0) is 60.2 Å². The first-order valence-electron chi connectivity index (χ1n) is 11.2. The van der Waals surface area contributed by atoms with Gasteiger partial charge in [0.05, 0.1) is 0 Å². The van der Waals surface area contributed by atoms with Crippen LogP contribution in [0, 0.1) is 11.7 Å². The standard InChI is InChI=1S/C26H27FN2O4S/c1-17(2)13-14-28-25(30)24(23-8-5-15-34-23)29(19-11-9-18(27)10-12-19)26(31)22-16-32-20-6-3-4-7-21(20)33-22/h3-12,15,17,22,24H,13-14,16H2,1-2H3,(H,28,30). The number of para-hydroxylation sites is 2. The average molecular weight is 483 g/mol. The van der Waals surface area contributed by atoms with E-state index in [1.54, 1.807) is 18.2 Å². The molecule has 6 nitrogen and oxygen atoms in total. The highest BCUT2D eigenvalue weighted by molar-refractivity contribution is 7.10. The van der Waals surface area contributed by atoms with Crippen LogP contribution in [0.25, 0.3) is 0 Å². The molecule has 0 aliphatic carbocycles. The Hall–Kier alpha value is -3.39. The summed E-state index contributed by atoms with van der Waals surface area (Å²) in [6, 6.07) is 15.3. The van der Waals surface area contributed by atoms with Gasteiger partial charge >= 0.3 is 0 Å². The van der Waals surface area contributed by atoms with E-state index >= 15 is 0 Å². The van der Waals surface area contributed by atoms with Gasteiger partial charge in [0.15, 0.2) is 11.5 Å². The van der Waals surface area contributed by atoms with Crippen LogP contribution in [0.3, 0.4) is 0 Å². The van der Waals surface area contributed by atoms with E-state index < -0.39 is 23.9 Å². The number of thiophene rings is 1. The van der Waals surface area contributed by atoms with Gasteiger partial charge in [-0.25, -0.2) is 4.39 Å². The van der Waals surface area contributed by atoms with Gasteiger partial charge in [0, 0.05) is 17.1 Å². The highest BCUT2D eigenvalue weighted by Crippen LogP contribution is 2.35. The van der Waals surface area contributed by atoms with E-state index in [1.807, 2.05) is 23.6 Å². The van der Waals surface area contributed by atoms with Crippen LogP contribution in [-0.4, -0.2) is 31.1 Å². The molecular formula is C26H27FN2O4S. The first-order valence-corrected chi connectivity index (χ1v) is 12.1. The van der Waals surface area contributed by atoms with Crippen LogP contribution in [0.2, 0.25) is 0 Å². The second-order valence-corrected chi connectivity index (χ2v) is 9.42. The molecule has 3 aromatic rings. The average Bonchev–Trinajstić information content (AvgIpc) is 3.36. The molecule has 2 heterocycles. The molecule has 4 rings (SSSR count). The molecule has 1 aromatic heterocycles. The number of fused-ring (bicyclic) bond motifs is 1. The minimum Gasteiger partial charge on any atom is -0.485 e. The summed E-state index contributed by atoms with van der Waals surface area (Å²) in [5.74, 6) is 0.248. The van der Waals surface area contributed by atoms with Crippen LogP contribution in [0.5, 0.6) is 11.5 Å². The molecule has 0 fully saturated rings. The number of rotatable bonds is 8. The molecule has 0 saturated carbocycles. The van der Waals surface area contributed by atoms with Crippen LogP contribution in [-0.2, 0) is 9.59 Å². The molecule has 178 valence electrons. The van der Waals surface area contributed by atoms with Crippen LogP contribution < -0.4 is 19.7 Å². The van der Waals surface area contributed by atoms with Gasteiger partial charge in [0.1, 0.15) is 18.5 Å². The number of benzene rings is 2. The van der Waals surface area contributed by atoms with Crippen molar-refractivity contribution < 1.29 is 23.5 Å². The summed E-state index contributed by atoms with van der Waals surface area (Å²) in [7, 11) is 0. The number of nitrogens with zero attached hydrogens (tertiary/aromatic N) is 1. The van der Waals surface area contributed by atoms with E-state index in [-0.39, 0.29) is 12.5 Å². The number of amides is 2. The van der Waals surface area contributed by atoms with Crippen molar-refractivity contribution in [3.05, 3.63) is 76.7 Å². The summed E-state index contributed by atoms with van der Waals surface area (Å²) in [5.41, 5.74) is 0.395. The molecule has 0 saturated heterocycles. The van der Waals surface area contributed by atoms with Crippen molar-refractivity contribution in [2.24, 2.45) is 5.92 Å². The Morgan fingerprint density at radius 2 is 1.82 bits per heavy atom. The monoisotopic (exact) mass is 482 g/mol. The molecule has 2 amide bonds. The maximum absolute atomic E-state index is 13.9. The number of halogens is 1. The normalized spacial score (nSPS) is 15.6. The third-order valence-corrected chi connectivity index (χ3v) is 6.39. The number of ether oxygens (including phenoxy) is 2. The fourth-order valence-corrected chi connectivity index (χ4v) is 4.52. The zero-order valence-corrected chi connectivity index (χ0v) is 19.9. The van der Waals surface area contributed by atoms with Crippen molar-refractivity contribution in [1.82, 2.24) is 5.32 Å². The zero-order chi connectivity index (χ0) is 24.1. The fourth-order valence-electron chi connectivity index (χ4n) is 3.70. The summed E-state index contributed by atoms with van der Waals surface area (Å²) < 4.78 is 25.4. The Balaban J connectivity index is 1.69. The molecule has 1 aliphatic heterocycles. The summed E-state index contributed by atoms with van der Waals surface area (Å²) >= 11 is 1.38. The SMILES string of the molecule is CC(C)CCNC(=O)C(c1cccs1)N(C(=O)C1COc2ccccc2O1)c1ccc(F)cc1. The summed E-state index contributed by atoms with van der Waals surface area (Å²) in [4.78, 5) is 29.4. The predicted octanol–water partition coefficient (Wildman–Crippen LogP) is 4.96. The molecule has 8 heteroatoms. The Labute approximate surface area is 202 Å². The highest BCUT2D eigenvalue weighted by Gasteiger charge is 2.39. The minimum atomic E-state index is -0.967. The van der Waals surface area contributed by atoms with E-state index in [9.17, 15) is 14.0 Å². The zero-order valence-electron chi connectivity index (χ0n) is 19.1. The maximum Gasteiger partial charge on any atom is 0.272 e. The van der Waals surface area contributed by atoms with Gasteiger partial charge in [-0.2, -0.15) is 0 Å². The molecule has 2 aromatic carbocycles. The molecular weight excluding hydrogens is 455 g/mol. The van der Waals surface area contributed by atoms with Gasteiger partial charge in [-0.15, -0.1) is 11.3 Å². The summed E-state index contributed by atoms with van der Waals surface area (Å²) in [5, 5.41) is 4.82. The van der Waals surface area contributed by atoms with Crippen molar-refractivity contribution in [2.45, 2.75) is 32.4 Å². The predicted molar refractivity (Wildman–Crippen MR) is 130 cm³/mol. The van der Waals surface area contributed by atoms with Crippen molar-refractivity contribution in [3.63, 3.8) is 0 Å². The van der Waals surface area contributed by atoms with E-state index in [4.69, 9.17) is 9.47 Å². The molecule has 0 bridgehead atoms. The second-order valence-electron chi connectivity index (χ2n) is 8.44. The fraction of sp³-hybridized carbons (Fsp3) is 0.308. The summed E-state index contributed by atoms with van der Waals surface area (Å²) in [6.07, 6.45) is -0.157. The molecule has 0 radical (unpaired) electrons. The lowest BCUT2D eigenvalue weighted by Gasteiger charge is -2.34. The summed E-state index contributed by atoms with van der Waals surface area (Å²) in [6.45, 7) is 4.64. The van der Waals surface area contributed by atoms with Gasteiger partial charge in [0.2, 0.25) is 12.0 Å². The van der Waals surface area contributed by atoms with Crippen molar-refractivity contribution in [2.75, 3.05) is 18.1 Å². The molecule has 2 atom stereocenters. The molecule has 34 heavy (non-hydrogen) atoms. The van der Waals surface area contributed by atoms with E-state index in [0.29, 0.717) is 34.5 Å². The topological polar surface area (TPSA) is 67.9 Å². The quantitative estimate of drug-likeness (QED) is 0.493. The van der Waals surface area contributed by atoms with Crippen LogP contribution >= 0.6 is 11.3 Å². The Bertz CT molecular complexity index is 1120. The second kappa shape index (κ2) is 10.7. The van der Waals surface area contributed by atoms with Crippen LogP contribution in [0.1, 0.15) is 31.2 Å². The number of hydrogen-bond donors (Lipinski definition) is 1. The smallest absolute Gasteiger partial charge is 0.272 e. The number of carbonyl (C=O) groups is 2. The Kier molecular flexibility index (Phi) is 7.47. The number of nitrogens with one attached hydrogen (secondary N) is 1. The van der Waals surface area contributed by atoms with E-state index in [0.717, 1.165) is 6.42 Å². The van der Waals surface area contributed by atoms with Crippen LogP contribution in [0.4, 0.5) is 10.1 Å². The Morgan fingerprint density at radius 3 is 2.50 bits per heavy atom. The van der Waals surface area contributed by atoms with E-state index in [2.05, 4.69) is 19.2 Å². The minimum absolute atomic E-state index is 0.000327. The molecule has 2 unspecified atom stereocenters. The largest absolute Gasteiger partial charge is 0.485 e. The van der Waals surface area contributed by atoms with Gasteiger partial charge in [-0.3, -0.25) is 14.5 Å². The highest BCUT2D eigenvalue weighted by atomic mass is 32.1. The lowest BCUT2D eigenvalue weighted by molar-refractivity contribution is -0.131. The van der Waals surface area contributed by atoms with Crippen LogP contribution in [0.15, 0.2) is 66.0 Å². The number of hydrogen-bond acceptors (Lipinski definition) is 5. The lowest BCUT2D eigenvalue weighted by atomic mass is 10.1. The third kappa shape index (κ3) is 5.39. The van der Waals surface area contributed by atoms with Crippen molar-refractivity contribution in [1.29, 1.82) is 0 Å². The third-order valence-electron chi connectivity index (χ3n) is 5.47. The first kappa shape index (κ1) is 23.8. The van der Waals surface area contributed by atoms with Crippen molar-refractivity contribution >= 4 is 28.8 Å².